The number of amidine groups is 1. The zero-order valence-corrected chi connectivity index (χ0v) is 11.9. The summed E-state index contributed by atoms with van der Waals surface area (Å²) < 4.78 is 5.47. The van der Waals surface area contributed by atoms with Gasteiger partial charge in [-0.15, -0.1) is 0 Å². The molecular weight excluding hydrogens is 266 g/mol. The molecule has 2 rings (SSSR count). The molecular formula is C16H19N3O2. The van der Waals surface area contributed by atoms with Crippen LogP contribution in [0.5, 0.6) is 5.75 Å². The lowest BCUT2D eigenvalue weighted by Gasteiger charge is -2.11. The van der Waals surface area contributed by atoms with Gasteiger partial charge in [0.15, 0.2) is 5.84 Å². The van der Waals surface area contributed by atoms with Crippen molar-refractivity contribution in [2.45, 2.75) is 13.5 Å². The van der Waals surface area contributed by atoms with Gasteiger partial charge in [-0.3, -0.25) is 0 Å². The smallest absolute Gasteiger partial charge is 0.170 e. The molecule has 0 aromatic heterocycles. The normalized spacial score (nSPS) is 11.2. The zero-order valence-electron chi connectivity index (χ0n) is 11.9. The number of anilines is 1. The SMILES string of the molecule is CCOc1cccc(NCc2ccccc2C(N)=NO)c1. The van der Waals surface area contributed by atoms with E-state index in [1.54, 1.807) is 0 Å². The van der Waals surface area contributed by atoms with E-state index >= 15 is 0 Å². The van der Waals surface area contributed by atoms with E-state index in [9.17, 15) is 0 Å². The second-order valence-corrected chi connectivity index (χ2v) is 4.46. The van der Waals surface area contributed by atoms with Crippen LogP contribution in [0.1, 0.15) is 18.1 Å². The zero-order chi connectivity index (χ0) is 15.1. The molecule has 5 heteroatoms. The maximum atomic E-state index is 8.82. The molecule has 5 nitrogen and oxygen atoms in total. The average molecular weight is 285 g/mol. The summed E-state index contributed by atoms with van der Waals surface area (Å²) in [7, 11) is 0. The van der Waals surface area contributed by atoms with Gasteiger partial charge in [0.05, 0.1) is 6.61 Å². The molecule has 0 aliphatic carbocycles. The summed E-state index contributed by atoms with van der Waals surface area (Å²) >= 11 is 0. The Bertz CT molecular complexity index is 626. The van der Waals surface area contributed by atoms with Crippen molar-refractivity contribution in [2.75, 3.05) is 11.9 Å². The van der Waals surface area contributed by atoms with Gasteiger partial charge in [0, 0.05) is 23.9 Å². The van der Waals surface area contributed by atoms with Crippen LogP contribution in [0.25, 0.3) is 0 Å². The van der Waals surface area contributed by atoms with Crippen LogP contribution in [0.15, 0.2) is 53.7 Å². The minimum atomic E-state index is 0.107. The average Bonchev–Trinajstić information content (AvgIpc) is 2.53. The van der Waals surface area contributed by atoms with Crippen molar-refractivity contribution in [3.05, 3.63) is 59.7 Å². The summed E-state index contributed by atoms with van der Waals surface area (Å²) in [5.41, 5.74) is 8.30. The van der Waals surface area contributed by atoms with Crippen molar-refractivity contribution in [1.82, 2.24) is 0 Å². The van der Waals surface area contributed by atoms with Crippen LogP contribution >= 0.6 is 0 Å². The van der Waals surface area contributed by atoms with Gasteiger partial charge in [-0.25, -0.2) is 0 Å². The molecule has 0 amide bonds. The van der Waals surface area contributed by atoms with E-state index < -0.39 is 0 Å². The van der Waals surface area contributed by atoms with E-state index in [4.69, 9.17) is 15.7 Å². The van der Waals surface area contributed by atoms with E-state index in [1.807, 2.05) is 55.5 Å². The van der Waals surface area contributed by atoms with E-state index in [0.29, 0.717) is 18.7 Å². The molecule has 4 N–H and O–H groups in total. The van der Waals surface area contributed by atoms with E-state index in [-0.39, 0.29) is 5.84 Å². The van der Waals surface area contributed by atoms with Crippen molar-refractivity contribution in [1.29, 1.82) is 0 Å². The number of rotatable bonds is 6. The summed E-state index contributed by atoms with van der Waals surface area (Å²) in [4.78, 5) is 0. The first-order valence-corrected chi connectivity index (χ1v) is 6.77. The maximum Gasteiger partial charge on any atom is 0.170 e. The molecule has 0 fully saturated rings. The molecule has 0 spiro atoms. The topological polar surface area (TPSA) is 79.9 Å². The van der Waals surface area contributed by atoms with Crippen LogP contribution in [0.2, 0.25) is 0 Å². The van der Waals surface area contributed by atoms with Crippen molar-refractivity contribution in [3.8, 4) is 5.75 Å². The molecule has 0 aliphatic rings. The van der Waals surface area contributed by atoms with Gasteiger partial charge in [-0.05, 0) is 24.6 Å². The van der Waals surface area contributed by atoms with E-state index in [1.165, 1.54) is 0 Å². The fourth-order valence-electron chi connectivity index (χ4n) is 2.04. The van der Waals surface area contributed by atoms with E-state index in [2.05, 4.69) is 10.5 Å². The molecule has 0 atom stereocenters. The molecule has 0 aliphatic heterocycles. The lowest BCUT2D eigenvalue weighted by atomic mass is 10.1. The highest BCUT2D eigenvalue weighted by atomic mass is 16.5. The monoisotopic (exact) mass is 285 g/mol. The quantitative estimate of drug-likeness (QED) is 0.330. The van der Waals surface area contributed by atoms with Crippen LogP contribution in [0.4, 0.5) is 5.69 Å². The Morgan fingerprint density at radius 2 is 2.05 bits per heavy atom. The van der Waals surface area contributed by atoms with E-state index in [0.717, 1.165) is 17.0 Å². The minimum Gasteiger partial charge on any atom is -0.494 e. The van der Waals surface area contributed by atoms with Crippen LogP contribution in [0.3, 0.4) is 0 Å². The first-order valence-electron chi connectivity index (χ1n) is 6.77. The predicted octanol–water partition coefficient (Wildman–Crippen LogP) is 2.79. The van der Waals surface area contributed by atoms with Gasteiger partial charge in [-0.1, -0.05) is 35.5 Å². The van der Waals surface area contributed by atoms with Crippen LogP contribution in [-0.2, 0) is 6.54 Å². The molecule has 0 heterocycles. The number of nitrogens with two attached hydrogens (primary N) is 1. The van der Waals surface area contributed by atoms with Crippen LogP contribution in [0, 0.1) is 0 Å². The largest absolute Gasteiger partial charge is 0.494 e. The Kier molecular flexibility index (Phi) is 5.04. The van der Waals surface area contributed by atoms with Gasteiger partial charge >= 0.3 is 0 Å². The molecule has 0 saturated carbocycles. The third kappa shape index (κ3) is 3.89. The minimum absolute atomic E-state index is 0.107. The highest BCUT2D eigenvalue weighted by molar-refractivity contribution is 5.98. The fourth-order valence-corrected chi connectivity index (χ4v) is 2.04. The lowest BCUT2D eigenvalue weighted by Crippen LogP contribution is -2.16. The Labute approximate surface area is 124 Å². The van der Waals surface area contributed by atoms with Gasteiger partial charge in [0.25, 0.3) is 0 Å². The fraction of sp³-hybridized carbons (Fsp3) is 0.188. The number of hydrogen-bond donors (Lipinski definition) is 3. The Hall–Kier alpha value is -2.69. The molecule has 0 saturated heterocycles. The molecule has 2 aromatic rings. The van der Waals surface area contributed by atoms with Crippen LogP contribution < -0.4 is 15.8 Å². The van der Waals surface area contributed by atoms with Crippen molar-refractivity contribution in [2.24, 2.45) is 10.9 Å². The molecule has 0 unspecified atom stereocenters. The molecule has 2 aromatic carbocycles. The highest BCUT2D eigenvalue weighted by Crippen LogP contribution is 2.18. The van der Waals surface area contributed by atoms with Crippen molar-refractivity contribution >= 4 is 11.5 Å². The number of nitrogens with one attached hydrogen (secondary N) is 1. The predicted molar refractivity (Wildman–Crippen MR) is 83.9 cm³/mol. The van der Waals surface area contributed by atoms with Gasteiger partial charge < -0.3 is 21.0 Å². The number of benzene rings is 2. The molecule has 21 heavy (non-hydrogen) atoms. The maximum absolute atomic E-state index is 8.82. The molecule has 0 bridgehead atoms. The summed E-state index contributed by atoms with van der Waals surface area (Å²) in [5, 5.41) is 15.2. The number of ether oxygens (including phenoxy) is 1. The number of hydrogen-bond acceptors (Lipinski definition) is 4. The third-order valence-electron chi connectivity index (χ3n) is 3.03. The first kappa shape index (κ1) is 14.7. The van der Waals surface area contributed by atoms with Gasteiger partial charge in [0.1, 0.15) is 5.75 Å². The number of oxime groups is 1. The third-order valence-corrected chi connectivity index (χ3v) is 3.03. The van der Waals surface area contributed by atoms with Gasteiger partial charge in [0.2, 0.25) is 0 Å². The second-order valence-electron chi connectivity index (χ2n) is 4.46. The Morgan fingerprint density at radius 3 is 2.81 bits per heavy atom. The summed E-state index contributed by atoms with van der Waals surface area (Å²) in [6.07, 6.45) is 0. The van der Waals surface area contributed by atoms with Crippen molar-refractivity contribution in [3.63, 3.8) is 0 Å². The summed E-state index contributed by atoms with van der Waals surface area (Å²) in [5.74, 6) is 0.933. The molecule has 110 valence electrons. The summed E-state index contributed by atoms with van der Waals surface area (Å²) in [6, 6.07) is 15.3. The Balaban J connectivity index is 2.11. The van der Waals surface area contributed by atoms with Crippen molar-refractivity contribution < 1.29 is 9.94 Å². The highest BCUT2D eigenvalue weighted by Gasteiger charge is 2.06. The van der Waals surface area contributed by atoms with Gasteiger partial charge in [-0.2, -0.15) is 0 Å². The Morgan fingerprint density at radius 1 is 1.24 bits per heavy atom. The lowest BCUT2D eigenvalue weighted by molar-refractivity contribution is 0.318. The van der Waals surface area contributed by atoms with Crippen LogP contribution in [-0.4, -0.2) is 17.6 Å². The number of nitrogens with zero attached hydrogens (tertiary/aromatic N) is 1. The first-order chi connectivity index (χ1) is 10.2. The standard InChI is InChI=1S/C16H19N3O2/c1-2-21-14-8-5-7-13(10-14)18-11-12-6-3-4-9-15(12)16(17)19-20/h3-10,18,20H,2,11H2,1H3,(H2,17,19). The second kappa shape index (κ2) is 7.19. The summed E-state index contributed by atoms with van der Waals surface area (Å²) in [6.45, 7) is 3.16. The molecule has 0 radical (unpaired) electrons.